The lowest BCUT2D eigenvalue weighted by atomic mass is 10.1. The second-order valence-corrected chi connectivity index (χ2v) is 7.10. The van der Waals surface area contributed by atoms with Crippen LogP contribution in [0.1, 0.15) is 17.8 Å². The van der Waals surface area contributed by atoms with E-state index in [-0.39, 0.29) is 19.0 Å². The topological polar surface area (TPSA) is 113 Å². The van der Waals surface area contributed by atoms with Crippen LogP contribution in [-0.4, -0.2) is 78.8 Å². The fraction of sp³-hybridized carbons (Fsp3) is 0.529. The van der Waals surface area contributed by atoms with Gasteiger partial charge in [0.05, 0.1) is 32.4 Å². The molecule has 0 aliphatic carbocycles. The predicted octanol–water partition coefficient (Wildman–Crippen LogP) is 0.486. The molecule has 1 aromatic heterocycles. The van der Waals surface area contributed by atoms with E-state index in [0.717, 1.165) is 5.01 Å². The molecule has 27 heavy (non-hydrogen) atoms. The fourth-order valence-corrected chi connectivity index (χ4v) is 3.67. The second kappa shape index (κ2) is 9.07. The van der Waals surface area contributed by atoms with E-state index in [0.29, 0.717) is 49.8 Å². The molecule has 2 aliphatic rings. The molecule has 1 saturated heterocycles. The second-order valence-electron chi connectivity index (χ2n) is 6.21. The number of carboxylic acid groups (broad SMARTS) is 1. The molecule has 0 bridgehead atoms. The number of thiazole rings is 1. The lowest BCUT2D eigenvalue weighted by Gasteiger charge is -2.36. The van der Waals surface area contributed by atoms with Crippen LogP contribution in [0.15, 0.2) is 27.8 Å². The Kier molecular flexibility index (Phi) is 6.54. The first-order valence-electron chi connectivity index (χ1n) is 8.63. The number of carbonyl (C=O) groups is 2. The Bertz CT molecular complexity index is 747. The van der Waals surface area contributed by atoms with Gasteiger partial charge in [0, 0.05) is 42.8 Å². The van der Waals surface area contributed by atoms with Gasteiger partial charge in [-0.05, 0) is 6.42 Å². The molecular formula is C17H22N4O5S. The van der Waals surface area contributed by atoms with Crippen molar-refractivity contribution >= 4 is 29.1 Å². The van der Waals surface area contributed by atoms with Crippen molar-refractivity contribution in [1.82, 2.24) is 15.2 Å². The Hall–Kier alpha value is -2.30. The third kappa shape index (κ3) is 4.90. The highest BCUT2D eigenvalue weighted by atomic mass is 32.1. The minimum atomic E-state index is -0.830. The molecule has 1 fully saturated rings. The summed E-state index contributed by atoms with van der Waals surface area (Å²) < 4.78 is 10.4. The summed E-state index contributed by atoms with van der Waals surface area (Å²) >= 11 is 1.46. The number of aliphatic carboxylic acids is 1. The highest BCUT2D eigenvalue weighted by Crippen LogP contribution is 2.19. The molecule has 1 unspecified atom stereocenters. The molecule has 3 rings (SSSR count). The van der Waals surface area contributed by atoms with E-state index < -0.39 is 11.9 Å². The normalized spacial score (nSPS) is 20.8. The Morgan fingerprint density at radius 2 is 2.37 bits per heavy atom. The van der Waals surface area contributed by atoms with Gasteiger partial charge in [0.25, 0.3) is 0 Å². The van der Waals surface area contributed by atoms with Gasteiger partial charge in [0.2, 0.25) is 0 Å². The maximum Gasteiger partial charge on any atom is 0.337 e. The number of nitrogens with one attached hydrogen (secondary N) is 1. The van der Waals surface area contributed by atoms with Crippen molar-refractivity contribution in [3.05, 3.63) is 27.9 Å². The summed E-state index contributed by atoms with van der Waals surface area (Å²) in [6.45, 7) is 2.38. The Labute approximate surface area is 160 Å². The van der Waals surface area contributed by atoms with Gasteiger partial charge in [0.15, 0.2) is 10.8 Å². The van der Waals surface area contributed by atoms with E-state index >= 15 is 0 Å². The molecule has 0 saturated carbocycles. The number of amidine groups is 1. The molecular weight excluding hydrogens is 372 g/mol. The van der Waals surface area contributed by atoms with E-state index in [4.69, 9.17) is 14.6 Å². The van der Waals surface area contributed by atoms with Crippen molar-refractivity contribution in [2.75, 3.05) is 40.0 Å². The number of aliphatic imine (C=N–C) groups is 1. The molecule has 3 heterocycles. The van der Waals surface area contributed by atoms with Crippen LogP contribution in [0.5, 0.6) is 0 Å². The van der Waals surface area contributed by atoms with Crippen LogP contribution in [0.4, 0.5) is 0 Å². The van der Waals surface area contributed by atoms with Crippen LogP contribution in [0.25, 0.3) is 0 Å². The molecule has 0 aromatic carbocycles. The average Bonchev–Trinajstić information content (AvgIpc) is 3.21. The number of methoxy groups -OCH3 is 1. The summed E-state index contributed by atoms with van der Waals surface area (Å²) in [6.07, 6.45) is 2.27. The number of morpholine rings is 1. The standard InChI is InChI=1S/C17H22N4O5S/c1-25-17(24)12-8-19-15(16-18-4-7-27-16)20-13(12)9-21-5-6-26-10-11(21)2-3-14(22)23/h4,7,11H,2-3,5-6,8-10H2,1H3,(H,19,20)(H,22,23). The Morgan fingerprint density at radius 3 is 3.07 bits per heavy atom. The van der Waals surface area contributed by atoms with E-state index in [9.17, 15) is 9.59 Å². The van der Waals surface area contributed by atoms with Crippen LogP contribution in [0.2, 0.25) is 0 Å². The van der Waals surface area contributed by atoms with E-state index in [1.165, 1.54) is 18.4 Å². The van der Waals surface area contributed by atoms with Gasteiger partial charge in [-0.1, -0.05) is 0 Å². The van der Waals surface area contributed by atoms with Crippen LogP contribution < -0.4 is 5.32 Å². The van der Waals surface area contributed by atoms with Crippen LogP contribution in [-0.2, 0) is 19.1 Å². The molecule has 9 nitrogen and oxygen atoms in total. The molecule has 0 radical (unpaired) electrons. The van der Waals surface area contributed by atoms with Gasteiger partial charge in [0.1, 0.15) is 0 Å². The largest absolute Gasteiger partial charge is 0.481 e. The lowest BCUT2D eigenvalue weighted by Crippen LogP contribution is -2.49. The lowest BCUT2D eigenvalue weighted by molar-refractivity contribution is -0.138. The molecule has 0 spiro atoms. The first-order chi connectivity index (χ1) is 13.1. The zero-order valence-electron chi connectivity index (χ0n) is 15.0. The summed E-state index contributed by atoms with van der Waals surface area (Å²) in [5, 5.41) is 14.8. The number of nitrogens with zero attached hydrogens (tertiary/aromatic N) is 3. The van der Waals surface area contributed by atoms with E-state index in [1.807, 2.05) is 5.38 Å². The third-order valence-corrected chi connectivity index (χ3v) is 5.28. The van der Waals surface area contributed by atoms with Crippen molar-refractivity contribution in [2.24, 2.45) is 4.99 Å². The van der Waals surface area contributed by atoms with Gasteiger partial charge in [-0.3, -0.25) is 14.7 Å². The highest BCUT2D eigenvalue weighted by Gasteiger charge is 2.29. The number of carbonyl (C=O) groups excluding carboxylic acids is 1. The van der Waals surface area contributed by atoms with E-state index in [1.54, 1.807) is 6.20 Å². The van der Waals surface area contributed by atoms with E-state index in [2.05, 4.69) is 20.2 Å². The average molecular weight is 394 g/mol. The number of aromatic nitrogens is 1. The Balaban J connectivity index is 1.77. The van der Waals surface area contributed by atoms with Crippen LogP contribution in [0, 0.1) is 0 Å². The SMILES string of the molecule is COC(=O)C1=C(CN2CCOCC2CCC(=O)O)NC(c2nccs2)=NC1. The molecule has 1 atom stereocenters. The van der Waals surface area contributed by atoms with Gasteiger partial charge < -0.3 is 19.9 Å². The third-order valence-electron chi connectivity index (χ3n) is 4.50. The summed E-state index contributed by atoms with van der Waals surface area (Å²) in [5.74, 6) is -0.623. The van der Waals surface area contributed by atoms with Crippen molar-refractivity contribution in [3.63, 3.8) is 0 Å². The molecule has 2 aliphatic heterocycles. The fourth-order valence-electron chi connectivity index (χ4n) is 3.08. The first-order valence-corrected chi connectivity index (χ1v) is 9.51. The summed E-state index contributed by atoms with van der Waals surface area (Å²) in [7, 11) is 1.34. The van der Waals surface area contributed by atoms with Gasteiger partial charge in [-0.15, -0.1) is 11.3 Å². The molecule has 10 heteroatoms. The number of esters is 1. The number of rotatable bonds is 7. The van der Waals surface area contributed by atoms with Crippen LogP contribution in [0.3, 0.4) is 0 Å². The number of carboxylic acids is 1. The smallest absolute Gasteiger partial charge is 0.337 e. The number of hydrogen-bond donors (Lipinski definition) is 2. The molecule has 0 amide bonds. The van der Waals surface area contributed by atoms with Crippen molar-refractivity contribution < 1.29 is 24.2 Å². The maximum atomic E-state index is 12.2. The quantitative estimate of drug-likeness (QED) is 0.642. The summed E-state index contributed by atoms with van der Waals surface area (Å²) in [6, 6.07) is -0.0229. The van der Waals surface area contributed by atoms with Gasteiger partial charge >= 0.3 is 11.9 Å². The van der Waals surface area contributed by atoms with Crippen molar-refractivity contribution in [2.45, 2.75) is 18.9 Å². The van der Waals surface area contributed by atoms with Gasteiger partial charge in [-0.2, -0.15) is 0 Å². The first kappa shape index (κ1) is 19.5. The minimum absolute atomic E-state index is 0.0229. The zero-order chi connectivity index (χ0) is 19.2. The zero-order valence-corrected chi connectivity index (χ0v) is 15.8. The summed E-state index contributed by atoms with van der Waals surface area (Å²) in [5.41, 5.74) is 1.19. The minimum Gasteiger partial charge on any atom is -0.481 e. The summed E-state index contributed by atoms with van der Waals surface area (Å²) in [4.78, 5) is 33.9. The van der Waals surface area contributed by atoms with Crippen molar-refractivity contribution in [3.8, 4) is 0 Å². The monoisotopic (exact) mass is 394 g/mol. The van der Waals surface area contributed by atoms with Crippen molar-refractivity contribution in [1.29, 1.82) is 0 Å². The highest BCUT2D eigenvalue weighted by molar-refractivity contribution is 7.11. The number of hydrogen-bond acceptors (Lipinski definition) is 9. The molecule has 146 valence electrons. The number of ether oxygens (including phenoxy) is 2. The Morgan fingerprint density at radius 1 is 1.52 bits per heavy atom. The van der Waals surface area contributed by atoms with Gasteiger partial charge in [-0.25, -0.2) is 9.78 Å². The van der Waals surface area contributed by atoms with Crippen LogP contribution >= 0.6 is 11.3 Å². The molecule has 2 N–H and O–H groups in total. The predicted molar refractivity (Wildman–Crippen MR) is 98.7 cm³/mol. The molecule has 1 aromatic rings. The maximum absolute atomic E-state index is 12.2.